The number of ether oxygens (including phenoxy) is 1. The molecule has 7 nitrogen and oxygen atoms in total. The highest BCUT2D eigenvalue weighted by Crippen LogP contribution is 2.41. The maximum Gasteiger partial charge on any atom is 0.260 e. The fraction of sp³-hybridized carbons (Fsp3) is 0.250. The van der Waals surface area contributed by atoms with Crippen LogP contribution in [0, 0.1) is 11.3 Å². The molecule has 0 saturated heterocycles. The Kier molecular flexibility index (Phi) is 4.26. The van der Waals surface area contributed by atoms with Crippen LogP contribution in [0.15, 0.2) is 41.2 Å². The monoisotopic (exact) mass is 396 g/mol. The molecule has 1 aliphatic heterocycles. The van der Waals surface area contributed by atoms with Crippen LogP contribution >= 0.6 is 11.6 Å². The van der Waals surface area contributed by atoms with E-state index in [1.165, 1.54) is 0 Å². The van der Waals surface area contributed by atoms with Crippen LogP contribution in [0.3, 0.4) is 0 Å². The highest BCUT2D eigenvalue weighted by molar-refractivity contribution is 6.31. The van der Waals surface area contributed by atoms with Gasteiger partial charge in [0.1, 0.15) is 17.5 Å². The molecule has 0 aliphatic carbocycles. The van der Waals surface area contributed by atoms with E-state index in [0.29, 0.717) is 32.8 Å². The summed E-state index contributed by atoms with van der Waals surface area (Å²) in [6.07, 6.45) is -0.958. The lowest BCUT2D eigenvalue weighted by Crippen LogP contribution is -2.51. The molecule has 1 aliphatic rings. The van der Waals surface area contributed by atoms with Gasteiger partial charge in [-0.15, -0.1) is 0 Å². The lowest BCUT2D eigenvalue weighted by Gasteiger charge is -2.42. The topological polar surface area (TPSA) is 111 Å². The Balaban J connectivity index is 1.81. The number of fused-ring (bicyclic) bond motifs is 2. The van der Waals surface area contributed by atoms with Gasteiger partial charge < -0.3 is 15.2 Å². The molecule has 2 heterocycles. The van der Waals surface area contributed by atoms with E-state index >= 15 is 0 Å². The van der Waals surface area contributed by atoms with E-state index in [-0.39, 0.29) is 11.5 Å². The number of benzene rings is 2. The molecule has 2 atom stereocenters. The molecule has 8 heteroatoms. The van der Waals surface area contributed by atoms with Gasteiger partial charge in [-0.25, -0.2) is 4.98 Å². The molecule has 2 aromatic carbocycles. The molecule has 28 heavy (non-hydrogen) atoms. The third-order valence-corrected chi connectivity index (χ3v) is 5.07. The predicted octanol–water partition coefficient (Wildman–Crippen LogP) is 3.13. The number of halogens is 1. The van der Waals surface area contributed by atoms with E-state index in [1.807, 2.05) is 0 Å². The summed E-state index contributed by atoms with van der Waals surface area (Å²) in [6, 6.07) is 11.3. The third kappa shape index (κ3) is 3.07. The molecule has 0 fully saturated rings. The minimum absolute atomic E-state index is 0.204. The summed E-state index contributed by atoms with van der Waals surface area (Å²) in [7, 11) is 0. The average Bonchev–Trinajstić information content (AvgIpc) is 2.65. The fourth-order valence-electron chi connectivity index (χ4n) is 3.35. The molecule has 0 saturated carbocycles. The molecule has 4 rings (SSSR count). The Morgan fingerprint density at radius 2 is 2.11 bits per heavy atom. The van der Waals surface area contributed by atoms with Gasteiger partial charge in [-0.1, -0.05) is 11.6 Å². The van der Waals surface area contributed by atoms with E-state index in [1.54, 1.807) is 50.2 Å². The number of anilines is 1. The Labute approximate surface area is 165 Å². The fourth-order valence-corrected chi connectivity index (χ4v) is 3.52. The Hall–Kier alpha value is -3.08. The zero-order valence-electron chi connectivity index (χ0n) is 15.2. The molecular formula is C20H17ClN4O3. The van der Waals surface area contributed by atoms with Gasteiger partial charge in [0.15, 0.2) is 0 Å². The zero-order chi connectivity index (χ0) is 20.1. The first kappa shape index (κ1) is 18.3. The van der Waals surface area contributed by atoms with Gasteiger partial charge in [-0.3, -0.25) is 9.78 Å². The number of aliphatic hydroxyl groups excluding tert-OH is 1. The van der Waals surface area contributed by atoms with Crippen LogP contribution in [0.25, 0.3) is 10.9 Å². The van der Waals surface area contributed by atoms with E-state index in [0.717, 1.165) is 0 Å². The summed E-state index contributed by atoms with van der Waals surface area (Å²) < 4.78 is 5.90. The van der Waals surface area contributed by atoms with Crippen LogP contribution in [-0.4, -0.2) is 26.8 Å². The molecule has 0 amide bonds. The third-order valence-electron chi connectivity index (χ3n) is 4.83. The van der Waals surface area contributed by atoms with Crippen LogP contribution in [0.4, 0.5) is 5.95 Å². The standard InChI is InChI=1S/C20H17ClN4O3/c1-20(2)17(26)16(13-7-10(9-22)3-6-15(13)28-20)24-19-23-14-5-4-11(21)8-12(14)18(27)25-19/h3-8,16-17,26H,1-2H3,(H2,23,24,25,27)/t16-,17+/m1/s1. The normalized spacial score (nSPS) is 20.1. The van der Waals surface area contributed by atoms with Crippen LogP contribution in [0.2, 0.25) is 5.02 Å². The number of aliphatic hydroxyl groups is 1. The molecule has 1 aromatic heterocycles. The lowest BCUT2D eigenvalue weighted by molar-refractivity contribution is -0.0533. The summed E-state index contributed by atoms with van der Waals surface area (Å²) in [5.74, 6) is 0.761. The van der Waals surface area contributed by atoms with Crippen molar-refractivity contribution in [2.75, 3.05) is 5.32 Å². The van der Waals surface area contributed by atoms with Crippen LogP contribution in [0.1, 0.15) is 31.0 Å². The van der Waals surface area contributed by atoms with Crippen LogP contribution in [-0.2, 0) is 0 Å². The van der Waals surface area contributed by atoms with Crippen molar-refractivity contribution in [3.8, 4) is 11.8 Å². The van der Waals surface area contributed by atoms with Crippen molar-refractivity contribution < 1.29 is 9.84 Å². The van der Waals surface area contributed by atoms with Gasteiger partial charge in [0, 0.05) is 10.6 Å². The quantitative estimate of drug-likeness (QED) is 0.613. The maximum absolute atomic E-state index is 12.4. The number of hydrogen-bond acceptors (Lipinski definition) is 6. The number of nitriles is 1. The number of H-pyrrole nitrogens is 1. The van der Waals surface area contributed by atoms with E-state index in [2.05, 4.69) is 21.4 Å². The SMILES string of the molecule is CC1(C)Oc2ccc(C#N)cc2[C@@H](Nc2nc3ccc(Cl)cc3c(=O)[nH]2)[C@@H]1O. The number of aromatic amines is 1. The lowest BCUT2D eigenvalue weighted by atomic mass is 9.86. The van der Waals surface area contributed by atoms with E-state index in [9.17, 15) is 15.2 Å². The van der Waals surface area contributed by atoms with Crippen LogP contribution < -0.4 is 15.6 Å². The average molecular weight is 397 g/mol. The first-order valence-corrected chi connectivity index (χ1v) is 9.03. The van der Waals surface area contributed by atoms with Crippen molar-refractivity contribution in [2.24, 2.45) is 0 Å². The van der Waals surface area contributed by atoms with Gasteiger partial charge >= 0.3 is 0 Å². The Morgan fingerprint density at radius 3 is 2.86 bits per heavy atom. The van der Waals surface area contributed by atoms with Gasteiger partial charge in [-0.05, 0) is 50.2 Å². The summed E-state index contributed by atoms with van der Waals surface area (Å²) in [5, 5.41) is 24.0. The molecule has 0 unspecified atom stereocenters. The van der Waals surface area contributed by atoms with Gasteiger partial charge in [-0.2, -0.15) is 5.26 Å². The summed E-state index contributed by atoms with van der Waals surface area (Å²) >= 11 is 5.95. The number of nitrogens with zero attached hydrogens (tertiary/aromatic N) is 2. The highest BCUT2D eigenvalue weighted by atomic mass is 35.5. The summed E-state index contributed by atoms with van der Waals surface area (Å²) in [4.78, 5) is 19.5. The Bertz CT molecular complexity index is 1180. The highest BCUT2D eigenvalue weighted by Gasteiger charge is 2.43. The maximum atomic E-state index is 12.4. The van der Waals surface area contributed by atoms with Crippen molar-refractivity contribution >= 4 is 28.5 Å². The minimum Gasteiger partial charge on any atom is -0.485 e. The van der Waals surface area contributed by atoms with Crippen molar-refractivity contribution in [1.82, 2.24) is 9.97 Å². The summed E-state index contributed by atoms with van der Waals surface area (Å²) in [5.41, 5.74) is 0.299. The van der Waals surface area contributed by atoms with Gasteiger partial charge in [0.2, 0.25) is 5.95 Å². The van der Waals surface area contributed by atoms with Crippen LogP contribution in [0.5, 0.6) is 5.75 Å². The second kappa shape index (κ2) is 6.51. The largest absolute Gasteiger partial charge is 0.485 e. The van der Waals surface area contributed by atoms with Crippen molar-refractivity contribution in [1.29, 1.82) is 5.26 Å². The second-order valence-electron chi connectivity index (χ2n) is 7.21. The summed E-state index contributed by atoms with van der Waals surface area (Å²) in [6.45, 7) is 3.54. The number of hydrogen-bond donors (Lipinski definition) is 3. The molecule has 0 spiro atoms. The van der Waals surface area contributed by atoms with Crippen molar-refractivity contribution in [2.45, 2.75) is 31.6 Å². The molecule has 142 valence electrons. The first-order chi connectivity index (χ1) is 13.3. The van der Waals surface area contributed by atoms with E-state index < -0.39 is 17.7 Å². The second-order valence-corrected chi connectivity index (χ2v) is 7.65. The minimum atomic E-state index is -0.958. The molecular weight excluding hydrogens is 380 g/mol. The van der Waals surface area contributed by atoms with Crippen molar-refractivity contribution in [3.63, 3.8) is 0 Å². The smallest absolute Gasteiger partial charge is 0.260 e. The number of aromatic nitrogens is 2. The number of nitrogens with one attached hydrogen (secondary N) is 2. The van der Waals surface area contributed by atoms with Crippen molar-refractivity contribution in [3.05, 3.63) is 62.9 Å². The van der Waals surface area contributed by atoms with Gasteiger partial charge in [0.25, 0.3) is 5.56 Å². The Morgan fingerprint density at radius 1 is 1.32 bits per heavy atom. The molecule has 0 bridgehead atoms. The predicted molar refractivity (Wildman–Crippen MR) is 106 cm³/mol. The van der Waals surface area contributed by atoms with Gasteiger partial charge in [0.05, 0.1) is 28.6 Å². The molecule has 3 aromatic rings. The zero-order valence-corrected chi connectivity index (χ0v) is 15.9. The number of rotatable bonds is 2. The van der Waals surface area contributed by atoms with E-state index in [4.69, 9.17) is 16.3 Å². The first-order valence-electron chi connectivity index (χ1n) is 8.66. The molecule has 3 N–H and O–H groups in total. The molecule has 0 radical (unpaired) electrons.